The summed E-state index contributed by atoms with van der Waals surface area (Å²) < 4.78 is 24.8. The summed E-state index contributed by atoms with van der Waals surface area (Å²) in [6.07, 6.45) is 8.08. The van der Waals surface area contributed by atoms with Gasteiger partial charge in [0.15, 0.2) is 11.5 Å². The van der Waals surface area contributed by atoms with E-state index in [1.807, 2.05) is 12.1 Å². The molecule has 8 nitrogen and oxygen atoms in total. The molecule has 8 heteroatoms. The second kappa shape index (κ2) is 14.6. The number of nitrogens with one attached hydrogen (secondary N) is 1. The summed E-state index contributed by atoms with van der Waals surface area (Å²) >= 11 is 0. The Morgan fingerprint density at radius 1 is 1.11 bits per heavy atom. The third-order valence-corrected chi connectivity index (χ3v) is 11.4. The van der Waals surface area contributed by atoms with Crippen LogP contribution in [0.3, 0.4) is 0 Å². The molecule has 5 aliphatic rings. The van der Waals surface area contributed by atoms with Gasteiger partial charge in [0.25, 0.3) is 5.91 Å². The number of amides is 1. The molecule has 1 amide bonds. The molecular weight excluding hydrogens is 590 g/mol. The van der Waals surface area contributed by atoms with Gasteiger partial charge >= 0.3 is 0 Å². The molecule has 2 aliphatic carbocycles. The molecule has 7 rings (SSSR count). The highest BCUT2D eigenvalue weighted by Crippen LogP contribution is 2.64. The first-order chi connectivity index (χ1) is 21.9. The van der Waals surface area contributed by atoms with Gasteiger partial charge in [-0.3, -0.25) is 4.79 Å². The number of benzene rings is 2. The molecule has 2 saturated heterocycles. The maximum Gasteiger partial charge on any atom is 0.251 e. The smallest absolute Gasteiger partial charge is 0.251 e. The van der Waals surface area contributed by atoms with Gasteiger partial charge in [0.1, 0.15) is 6.10 Å². The van der Waals surface area contributed by atoms with Gasteiger partial charge in [0.2, 0.25) is 0 Å². The minimum Gasteiger partial charge on any atom is -0.493 e. The topological polar surface area (TPSA) is 72.5 Å². The number of nitrogens with zero attached hydrogens (tertiary/aromatic N) is 2. The zero-order valence-electron chi connectivity index (χ0n) is 27.3. The van der Waals surface area contributed by atoms with Crippen LogP contribution in [0, 0.1) is 5.92 Å². The Labute approximate surface area is 282 Å². The Hall–Kier alpha value is -3.07. The number of methoxy groups -OCH3 is 1. The molecule has 1 spiro atoms. The van der Waals surface area contributed by atoms with E-state index >= 15 is 0 Å². The average molecular weight is 648 g/mol. The summed E-state index contributed by atoms with van der Waals surface area (Å²) in [7, 11) is 4.05. The van der Waals surface area contributed by atoms with Crippen molar-refractivity contribution >= 4 is 5.91 Å². The fourth-order valence-corrected chi connectivity index (χ4v) is 8.79. The van der Waals surface area contributed by atoms with Gasteiger partial charge in [-0.05, 0) is 86.9 Å². The number of ether oxygens (including phenoxy) is 4. The van der Waals surface area contributed by atoms with Crippen molar-refractivity contribution in [1.29, 1.82) is 0 Å². The number of carbonyl (C=O) groups excluding carboxylic acids is 1. The highest BCUT2D eigenvalue weighted by molar-refractivity contribution is 5.94. The Bertz CT molecular complexity index is 1430. The first-order valence-corrected chi connectivity index (χ1v) is 17.0. The Balaban J connectivity index is 0.00000217. The van der Waals surface area contributed by atoms with E-state index in [-0.39, 0.29) is 38.4 Å². The number of rotatable bonds is 12. The molecule has 3 unspecified atom stereocenters. The van der Waals surface area contributed by atoms with E-state index in [0.717, 1.165) is 63.2 Å². The summed E-state index contributed by atoms with van der Waals surface area (Å²) in [5, 5.41) is 2.96. The molecule has 2 fully saturated rings. The third kappa shape index (κ3) is 6.17. The van der Waals surface area contributed by atoms with Crippen molar-refractivity contribution in [3.63, 3.8) is 0 Å². The fraction of sp³-hybridized carbons (Fsp3) is 0.615. The van der Waals surface area contributed by atoms with E-state index in [1.165, 1.54) is 22.4 Å². The molecule has 2 bridgehead atoms. The number of likely N-dealkylation sites (tertiary alicyclic amines) is 2. The van der Waals surface area contributed by atoms with Crippen LogP contribution < -0.4 is 14.8 Å². The fourth-order valence-electron chi connectivity index (χ4n) is 8.79. The predicted octanol–water partition coefficient (Wildman–Crippen LogP) is 6.18. The molecule has 3 aliphatic heterocycles. The first kappa shape index (κ1) is 35.2. The normalized spacial score (nSPS) is 27.5. The van der Waals surface area contributed by atoms with Gasteiger partial charge in [0, 0.05) is 42.2 Å². The first-order valence-electron chi connectivity index (χ1n) is 17.0. The molecule has 47 heavy (non-hydrogen) atoms. The lowest BCUT2D eigenvalue weighted by molar-refractivity contribution is -0.0195. The van der Waals surface area contributed by atoms with Gasteiger partial charge < -0.3 is 34.1 Å². The van der Waals surface area contributed by atoms with Crippen molar-refractivity contribution in [2.45, 2.75) is 90.4 Å². The van der Waals surface area contributed by atoms with Gasteiger partial charge in [0.05, 0.1) is 38.7 Å². The molecule has 1 N–H and O–H groups in total. The minimum absolute atomic E-state index is 0. The maximum absolute atomic E-state index is 12.5. The molecule has 0 aromatic heterocycles. The van der Waals surface area contributed by atoms with Crippen molar-refractivity contribution in [1.82, 2.24) is 15.1 Å². The van der Waals surface area contributed by atoms with E-state index in [0.29, 0.717) is 49.8 Å². The number of likely N-dealkylation sites (N-methyl/N-ethyl adjacent to an activating group) is 1. The van der Waals surface area contributed by atoms with Crippen LogP contribution in [0.15, 0.2) is 48.2 Å². The molecule has 2 aromatic rings. The molecule has 3 heterocycles. The van der Waals surface area contributed by atoms with Crippen LogP contribution in [0.4, 0.5) is 0 Å². The van der Waals surface area contributed by atoms with Crippen LogP contribution in [0.5, 0.6) is 11.5 Å². The average Bonchev–Trinajstić information content (AvgIpc) is 3.68. The van der Waals surface area contributed by atoms with Gasteiger partial charge in [-0.2, -0.15) is 0 Å². The van der Waals surface area contributed by atoms with E-state index in [4.69, 9.17) is 18.9 Å². The summed E-state index contributed by atoms with van der Waals surface area (Å²) in [6.45, 7) is 9.35. The van der Waals surface area contributed by atoms with E-state index < -0.39 is 0 Å². The summed E-state index contributed by atoms with van der Waals surface area (Å²) in [6, 6.07) is 12.9. The van der Waals surface area contributed by atoms with Crippen molar-refractivity contribution in [2.24, 2.45) is 5.92 Å². The predicted molar refractivity (Wildman–Crippen MR) is 188 cm³/mol. The molecule has 0 radical (unpaired) electrons. The highest BCUT2D eigenvalue weighted by Gasteiger charge is 2.64. The van der Waals surface area contributed by atoms with Gasteiger partial charge in [-0.1, -0.05) is 53.0 Å². The van der Waals surface area contributed by atoms with Crippen LogP contribution in [-0.2, 0) is 21.3 Å². The number of piperidine rings is 1. The zero-order valence-corrected chi connectivity index (χ0v) is 27.3. The Kier molecular flexibility index (Phi) is 10.9. The van der Waals surface area contributed by atoms with Crippen LogP contribution in [-0.4, -0.2) is 94.1 Å². The Morgan fingerprint density at radius 3 is 2.68 bits per heavy atom. The quantitative estimate of drug-likeness (QED) is 0.276. The van der Waals surface area contributed by atoms with Crippen LogP contribution >= 0.6 is 0 Å². The summed E-state index contributed by atoms with van der Waals surface area (Å²) in [5.74, 6) is 2.86. The molecule has 258 valence electrons. The van der Waals surface area contributed by atoms with Crippen molar-refractivity contribution in [2.75, 3.05) is 60.2 Å². The standard InChI is InChI=1S/C37H49N3O5.2CH4/c1-5-24(2)25-6-8-26(9-7-25)36(41)38-16-19-43-20-21-44-28-14-17-40(23-28)30-12-11-29-31-22-27-10-13-32(42-4)34-33(27)37(29,35(30)45-34)15-18-39(31)3;;/h6-10,12-13,24,28-29,31,35H,5,11,14-23H2,1-4H3,(H,38,41);2*1H4/t24?,28?,29?,31-,35+,37+;;/m1../s1. The van der Waals surface area contributed by atoms with Crippen molar-refractivity contribution < 1.29 is 23.7 Å². The van der Waals surface area contributed by atoms with Crippen LogP contribution in [0.25, 0.3) is 0 Å². The second-order valence-electron chi connectivity index (χ2n) is 13.7. The zero-order chi connectivity index (χ0) is 31.1. The second-order valence-corrected chi connectivity index (χ2v) is 13.7. The summed E-state index contributed by atoms with van der Waals surface area (Å²) in [5.41, 5.74) is 6.20. The number of hydrogen-bond donors (Lipinski definition) is 1. The summed E-state index contributed by atoms with van der Waals surface area (Å²) in [4.78, 5) is 17.6. The van der Waals surface area contributed by atoms with Crippen LogP contribution in [0.2, 0.25) is 0 Å². The number of carbonyl (C=O) groups is 1. The minimum atomic E-state index is -0.0625. The third-order valence-electron chi connectivity index (χ3n) is 11.4. The van der Waals surface area contributed by atoms with Crippen molar-refractivity contribution in [3.05, 3.63) is 70.4 Å². The monoisotopic (exact) mass is 647 g/mol. The lowest BCUT2D eigenvalue weighted by Crippen LogP contribution is -2.64. The molecule has 0 saturated carbocycles. The molecular formula is C39H57N3O5. The lowest BCUT2D eigenvalue weighted by Gasteiger charge is -2.57. The van der Waals surface area contributed by atoms with E-state index in [9.17, 15) is 4.79 Å². The molecule has 6 atom stereocenters. The number of allylic oxidation sites excluding steroid dienone is 1. The van der Waals surface area contributed by atoms with Gasteiger partial charge in [-0.15, -0.1) is 0 Å². The van der Waals surface area contributed by atoms with E-state index in [2.05, 4.69) is 66.4 Å². The largest absolute Gasteiger partial charge is 0.493 e. The maximum atomic E-state index is 12.5. The molecule has 2 aromatic carbocycles. The lowest BCUT2D eigenvalue weighted by atomic mass is 9.52. The van der Waals surface area contributed by atoms with Gasteiger partial charge in [-0.25, -0.2) is 0 Å². The SMILES string of the molecule is C.C.CCC(C)c1ccc(C(=O)NCCOCCOC2CCN(C3=CCC4[C@H]5Cc6ccc(OC)c7c6[C@@]4(CCN5C)[C@H]3O7)C2)cc1. The van der Waals surface area contributed by atoms with Crippen molar-refractivity contribution in [3.8, 4) is 11.5 Å². The Morgan fingerprint density at radius 2 is 1.91 bits per heavy atom. The number of hydrogen-bond acceptors (Lipinski definition) is 7. The highest BCUT2D eigenvalue weighted by atomic mass is 16.5. The van der Waals surface area contributed by atoms with E-state index in [1.54, 1.807) is 7.11 Å². The van der Waals surface area contributed by atoms with Crippen LogP contribution in [0.1, 0.15) is 87.4 Å².